The average Bonchev–Trinajstić information content (AvgIpc) is 2.54. The Hall–Kier alpha value is -1.35. The molecule has 0 spiro atoms. The van der Waals surface area contributed by atoms with Crippen molar-refractivity contribution >= 4 is 11.3 Å². The van der Waals surface area contributed by atoms with Gasteiger partial charge in [-0.1, -0.05) is 12.2 Å². The van der Waals surface area contributed by atoms with Gasteiger partial charge in [0.2, 0.25) is 0 Å². The molecule has 3 heteroatoms. The quantitative estimate of drug-likeness (QED) is 0.659. The fourth-order valence-electron chi connectivity index (χ4n) is 0.582. The van der Waals surface area contributed by atoms with Gasteiger partial charge in [0.05, 0.1) is 5.51 Å². The van der Waals surface area contributed by atoms with Crippen molar-refractivity contribution in [3.05, 3.63) is 53.8 Å². The van der Waals surface area contributed by atoms with E-state index in [4.69, 9.17) is 0 Å². The second-order valence-electron chi connectivity index (χ2n) is 1.95. The first-order valence-electron chi connectivity index (χ1n) is 3.57. The summed E-state index contributed by atoms with van der Waals surface area (Å²) in [5.41, 5.74) is 1.79. The number of thiazole rings is 1. The van der Waals surface area contributed by atoms with Gasteiger partial charge >= 0.3 is 0 Å². The lowest BCUT2D eigenvalue weighted by Crippen LogP contribution is -1.87. The van der Waals surface area contributed by atoms with Gasteiger partial charge in [0.1, 0.15) is 0 Å². The third kappa shape index (κ3) is 4.46. The summed E-state index contributed by atoms with van der Waals surface area (Å²) < 4.78 is 0. The summed E-state index contributed by atoms with van der Waals surface area (Å²) in [6.07, 6.45) is 13.3. The lowest BCUT2D eigenvalue weighted by Gasteiger charge is -1.79. The third-order valence-corrected chi connectivity index (χ3v) is 1.59. The van der Waals surface area contributed by atoms with E-state index >= 15 is 0 Å². The SMILES string of the molecule is C1=CC=CNC=C1.c1cscn1. The normalized spacial score (nSPS) is 12.7. The predicted octanol–water partition coefficient (Wildman–Crippen LogP) is 2.32. The molecule has 12 heavy (non-hydrogen) atoms. The van der Waals surface area contributed by atoms with Gasteiger partial charge in [-0.05, 0) is 12.2 Å². The summed E-state index contributed by atoms with van der Waals surface area (Å²) in [6.45, 7) is 0. The molecule has 1 aliphatic rings. The van der Waals surface area contributed by atoms with Crippen molar-refractivity contribution in [1.29, 1.82) is 0 Å². The minimum atomic E-state index is 1.60. The molecule has 2 heterocycles. The first kappa shape index (κ1) is 8.74. The van der Waals surface area contributed by atoms with E-state index < -0.39 is 0 Å². The van der Waals surface area contributed by atoms with Crippen LogP contribution >= 0.6 is 11.3 Å². The molecule has 0 amide bonds. The maximum absolute atomic E-state index is 3.74. The molecule has 0 aliphatic carbocycles. The first-order chi connectivity index (χ1) is 6.00. The Balaban J connectivity index is 0.000000127. The molecule has 0 radical (unpaired) electrons. The number of hydrogen-bond acceptors (Lipinski definition) is 3. The molecule has 2 rings (SSSR count). The fourth-order valence-corrected chi connectivity index (χ4v) is 0.933. The Bertz CT molecular complexity index is 229. The van der Waals surface area contributed by atoms with Crippen LogP contribution in [0.3, 0.4) is 0 Å². The van der Waals surface area contributed by atoms with E-state index in [1.807, 2.05) is 42.1 Å². The lowest BCUT2D eigenvalue weighted by atomic mass is 10.5. The van der Waals surface area contributed by atoms with Gasteiger partial charge < -0.3 is 5.32 Å². The van der Waals surface area contributed by atoms with Crippen molar-refractivity contribution in [3.8, 4) is 0 Å². The molecule has 0 saturated heterocycles. The number of aromatic nitrogens is 1. The van der Waals surface area contributed by atoms with Gasteiger partial charge in [0.25, 0.3) is 0 Å². The van der Waals surface area contributed by atoms with Gasteiger partial charge in [-0.2, -0.15) is 0 Å². The Morgan fingerprint density at radius 1 is 1.00 bits per heavy atom. The van der Waals surface area contributed by atoms with Gasteiger partial charge in [-0.3, -0.25) is 4.98 Å². The topological polar surface area (TPSA) is 24.9 Å². The molecule has 1 aliphatic heterocycles. The maximum Gasteiger partial charge on any atom is 0.0791 e. The van der Waals surface area contributed by atoms with E-state index in [1.54, 1.807) is 23.0 Å². The minimum Gasteiger partial charge on any atom is -0.368 e. The van der Waals surface area contributed by atoms with Crippen molar-refractivity contribution in [2.45, 2.75) is 0 Å². The zero-order valence-corrected chi connectivity index (χ0v) is 7.37. The Labute approximate surface area is 76.0 Å². The number of rotatable bonds is 0. The summed E-state index contributed by atoms with van der Waals surface area (Å²) in [5, 5.41) is 4.85. The van der Waals surface area contributed by atoms with E-state index in [9.17, 15) is 0 Å². The summed E-state index contributed by atoms with van der Waals surface area (Å²) >= 11 is 1.60. The van der Waals surface area contributed by atoms with E-state index in [-0.39, 0.29) is 0 Å². The monoisotopic (exact) mass is 178 g/mol. The Morgan fingerprint density at radius 2 is 1.75 bits per heavy atom. The number of nitrogens with zero attached hydrogens (tertiary/aromatic N) is 1. The van der Waals surface area contributed by atoms with E-state index in [1.165, 1.54) is 0 Å². The molecule has 2 nitrogen and oxygen atoms in total. The van der Waals surface area contributed by atoms with E-state index in [0.717, 1.165) is 0 Å². The van der Waals surface area contributed by atoms with Crippen LogP contribution in [-0.4, -0.2) is 4.98 Å². The number of hydrogen-bond donors (Lipinski definition) is 1. The first-order valence-corrected chi connectivity index (χ1v) is 4.51. The summed E-state index contributed by atoms with van der Waals surface area (Å²) in [7, 11) is 0. The van der Waals surface area contributed by atoms with Crippen LogP contribution in [0.1, 0.15) is 0 Å². The maximum atomic E-state index is 3.74. The smallest absolute Gasteiger partial charge is 0.0791 e. The molecule has 0 fully saturated rings. The van der Waals surface area contributed by atoms with Crippen molar-refractivity contribution < 1.29 is 0 Å². The van der Waals surface area contributed by atoms with Crippen LogP contribution in [0.2, 0.25) is 0 Å². The molecule has 0 saturated carbocycles. The lowest BCUT2D eigenvalue weighted by molar-refractivity contribution is 1.20. The van der Waals surface area contributed by atoms with Crippen LogP contribution in [0.5, 0.6) is 0 Å². The molecular formula is C9H10N2S. The summed E-state index contributed by atoms with van der Waals surface area (Å²) in [5.74, 6) is 0. The highest BCUT2D eigenvalue weighted by molar-refractivity contribution is 7.07. The highest BCUT2D eigenvalue weighted by atomic mass is 32.1. The molecular weight excluding hydrogens is 168 g/mol. The van der Waals surface area contributed by atoms with Crippen LogP contribution in [0, 0.1) is 0 Å². The molecule has 0 unspecified atom stereocenters. The zero-order valence-electron chi connectivity index (χ0n) is 6.55. The van der Waals surface area contributed by atoms with Crippen molar-refractivity contribution in [2.75, 3.05) is 0 Å². The molecule has 0 bridgehead atoms. The van der Waals surface area contributed by atoms with Crippen molar-refractivity contribution in [2.24, 2.45) is 0 Å². The van der Waals surface area contributed by atoms with Crippen LogP contribution in [-0.2, 0) is 0 Å². The van der Waals surface area contributed by atoms with Crippen LogP contribution in [0.15, 0.2) is 53.8 Å². The molecule has 0 aromatic carbocycles. The fraction of sp³-hybridized carbons (Fsp3) is 0. The van der Waals surface area contributed by atoms with Crippen LogP contribution < -0.4 is 5.32 Å². The predicted molar refractivity (Wildman–Crippen MR) is 52.7 cm³/mol. The average molecular weight is 178 g/mol. The summed E-state index contributed by atoms with van der Waals surface area (Å²) in [4.78, 5) is 3.74. The molecule has 1 aromatic rings. The zero-order chi connectivity index (χ0) is 8.49. The van der Waals surface area contributed by atoms with Crippen LogP contribution in [0.25, 0.3) is 0 Å². The molecule has 1 N–H and O–H groups in total. The minimum absolute atomic E-state index is 1.60. The Kier molecular flexibility index (Phi) is 4.64. The molecule has 62 valence electrons. The molecule has 0 atom stereocenters. The van der Waals surface area contributed by atoms with Gasteiger partial charge in [-0.25, -0.2) is 0 Å². The van der Waals surface area contributed by atoms with E-state index in [2.05, 4.69) is 10.3 Å². The van der Waals surface area contributed by atoms with Crippen LogP contribution in [0.4, 0.5) is 0 Å². The van der Waals surface area contributed by atoms with Gasteiger partial charge in [0, 0.05) is 24.0 Å². The Morgan fingerprint density at radius 3 is 2.17 bits per heavy atom. The van der Waals surface area contributed by atoms with Crippen molar-refractivity contribution in [3.63, 3.8) is 0 Å². The highest BCUT2D eigenvalue weighted by Crippen LogP contribution is 1.85. The second-order valence-corrected chi connectivity index (χ2v) is 2.70. The summed E-state index contributed by atoms with van der Waals surface area (Å²) in [6, 6.07) is 0. The van der Waals surface area contributed by atoms with Crippen molar-refractivity contribution in [1.82, 2.24) is 10.3 Å². The highest BCUT2D eigenvalue weighted by Gasteiger charge is 1.67. The standard InChI is InChI=1S/C6H7N.C3H3NS/c1-2-4-6-7-5-3-1;1-2-5-3-4-1/h1-7H;1-3H. The third-order valence-electron chi connectivity index (χ3n) is 1.07. The number of allylic oxidation sites excluding steroid dienone is 4. The van der Waals surface area contributed by atoms with Gasteiger partial charge in [0.15, 0.2) is 0 Å². The second kappa shape index (κ2) is 6.37. The molecule has 1 aromatic heterocycles. The van der Waals surface area contributed by atoms with Gasteiger partial charge in [-0.15, -0.1) is 11.3 Å². The largest absolute Gasteiger partial charge is 0.368 e. The number of nitrogens with one attached hydrogen (secondary N) is 1. The van der Waals surface area contributed by atoms with E-state index in [0.29, 0.717) is 0 Å².